The molecule has 1 aromatic rings. The number of rotatable bonds is 3. The van der Waals surface area contributed by atoms with Crippen molar-refractivity contribution < 1.29 is 9.59 Å². The normalized spacial score (nSPS) is 15.5. The Hall–Kier alpha value is -1.83. The van der Waals surface area contributed by atoms with Crippen LogP contribution in [0, 0.1) is 0 Å². The average Bonchev–Trinajstić information content (AvgIpc) is 2.73. The minimum atomic E-state index is -0.610. The van der Waals surface area contributed by atoms with Crippen molar-refractivity contribution in [3.63, 3.8) is 0 Å². The zero-order chi connectivity index (χ0) is 15.7. The minimum absolute atomic E-state index is 0.105. The molecule has 1 aliphatic rings. The highest BCUT2D eigenvalue weighted by Crippen LogP contribution is 2.11. The van der Waals surface area contributed by atoms with E-state index >= 15 is 0 Å². The Morgan fingerprint density at radius 3 is 2.62 bits per heavy atom. The maximum absolute atomic E-state index is 12.1. The number of carbonyl (C=O) groups excluding carboxylic acids is 2. The third kappa shape index (κ3) is 3.10. The summed E-state index contributed by atoms with van der Waals surface area (Å²) < 4.78 is 2.63. The highest BCUT2D eigenvalue weighted by atomic mass is 35.5. The van der Waals surface area contributed by atoms with E-state index in [1.165, 1.54) is 9.47 Å². The summed E-state index contributed by atoms with van der Waals surface area (Å²) in [6, 6.07) is 0. The number of alkyl halides is 1. The Bertz CT molecular complexity index is 619. The van der Waals surface area contributed by atoms with E-state index in [0.717, 1.165) is 4.68 Å². The third-order valence-electron chi connectivity index (χ3n) is 3.36. The van der Waals surface area contributed by atoms with Crippen LogP contribution in [-0.2, 0) is 29.2 Å². The molecule has 2 amide bonds. The second-order valence-electron chi connectivity index (χ2n) is 5.17. The number of hydrogen-bond acceptors (Lipinski definition) is 4. The third-order valence-corrected chi connectivity index (χ3v) is 3.55. The number of halogens is 1. The van der Waals surface area contributed by atoms with E-state index in [1.807, 2.05) is 0 Å². The van der Waals surface area contributed by atoms with Crippen LogP contribution in [0.4, 0.5) is 0 Å². The first-order chi connectivity index (χ1) is 9.81. The van der Waals surface area contributed by atoms with Crippen LogP contribution >= 0.6 is 11.6 Å². The largest absolute Gasteiger partial charge is 0.347 e. The van der Waals surface area contributed by atoms with Gasteiger partial charge in [-0.25, -0.2) is 9.48 Å². The molecule has 116 valence electrons. The number of carbonyl (C=O) groups is 2. The Morgan fingerprint density at radius 2 is 2.05 bits per heavy atom. The standard InChI is InChI=1S/C12H18ClN5O3/c1-8(13)11(20)16-4-5-17-9(6-16)14-18(12(17)21)7-10(19)15(2)3/h8H,4-7H2,1-3H3. The number of hydrogen-bond donors (Lipinski definition) is 0. The van der Waals surface area contributed by atoms with Crippen molar-refractivity contribution in [2.75, 3.05) is 20.6 Å². The molecule has 0 aliphatic carbocycles. The van der Waals surface area contributed by atoms with Gasteiger partial charge in [-0.05, 0) is 6.92 Å². The molecule has 0 aromatic carbocycles. The maximum atomic E-state index is 12.1. The van der Waals surface area contributed by atoms with Crippen molar-refractivity contribution in [3.8, 4) is 0 Å². The molecule has 1 atom stereocenters. The van der Waals surface area contributed by atoms with Gasteiger partial charge in [0, 0.05) is 27.2 Å². The van der Waals surface area contributed by atoms with Crippen molar-refractivity contribution >= 4 is 23.4 Å². The van der Waals surface area contributed by atoms with Crippen LogP contribution in [0.15, 0.2) is 4.79 Å². The molecule has 9 heteroatoms. The minimum Gasteiger partial charge on any atom is -0.347 e. The lowest BCUT2D eigenvalue weighted by Crippen LogP contribution is -2.43. The molecule has 8 nitrogen and oxygen atoms in total. The van der Waals surface area contributed by atoms with Crippen LogP contribution in [0.3, 0.4) is 0 Å². The zero-order valence-electron chi connectivity index (χ0n) is 12.2. The van der Waals surface area contributed by atoms with Crippen molar-refractivity contribution in [1.29, 1.82) is 0 Å². The van der Waals surface area contributed by atoms with Gasteiger partial charge in [-0.2, -0.15) is 5.10 Å². The van der Waals surface area contributed by atoms with Gasteiger partial charge in [-0.1, -0.05) is 0 Å². The summed E-state index contributed by atoms with van der Waals surface area (Å²) in [6.45, 7) is 2.51. The quantitative estimate of drug-likeness (QED) is 0.677. The van der Waals surface area contributed by atoms with E-state index in [2.05, 4.69) is 5.10 Å². The van der Waals surface area contributed by atoms with Gasteiger partial charge < -0.3 is 9.80 Å². The first-order valence-electron chi connectivity index (χ1n) is 6.60. The van der Waals surface area contributed by atoms with Crippen LogP contribution in [0.2, 0.25) is 0 Å². The first kappa shape index (κ1) is 15.6. The average molecular weight is 316 g/mol. The molecule has 0 bridgehead atoms. The summed E-state index contributed by atoms with van der Waals surface area (Å²) in [5.74, 6) is 0.0765. The summed E-state index contributed by atoms with van der Waals surface area (Å²) >= 11 is 5.79. The lowest BCUT2D eigenvalue weighted by atomic mass is 10.3. The Kier molecular flexibility index (Phi) is 4.36. The van der Waals surface area contributed by atoms with Gasteiger partial charge >= 0.3 is 5.69 Å². The topological polar surface area (TPSA) is 80.4 Å². The van der Waals surface area contributed by atoms with E-state index < -0.39 is 5.38 Å². The first-order valence-corrected chi connectivity index (χ1v) is 7.04. The van der Waals surface area contributed by atoms with Gasteiger partial charge in [0.25, 0.3) is 0 Å². The molecular formula is C12H18ClN5O3. The monoisotopic (exact) mass is 315 g/mol. The fourth-order valence-corrected chi connectivity index (χ4v) is 2.25. The summed E-state index contributed by atoms with van der Waals surface area (Å²) in [6.07, 6.45) is 0. The zero-order valence-corrected chi connectivity index (χ0v) is 13.0. The van der Waals surface area contributed by atoms with Gasteiger partial charge in [0.05, 0.1) is 6.54 Å². The Labute approximate surface area is 126 Å². The molecular weight excluding hydrogens is 298 g/mol. The van der Waals surface area contributed by atoms with Crippen molar-refractivity contribution in [2.24, 2.45) is 0 Å². The van der Waals surface area contributed by atoms with Crippen molar-refractivity contribution in [3.05, 3.63) is 16.3 Å². The van der Waals surface area contributed by atoms with Crippen LogP contribution in [0.1, 0.15) is 12.7 Å². The van der Waals surface area contributed by atoms with E-state index in [1.54, 1.807) is 25.9 Å². The smallest absolute Gasteiger partial charge is 0.346 e. The van der Waals surface area contributed by atoms with Crippen molar-refractivity contribution in [2.45, 2.75) is 31.9 Å². The van der Waals surface area contributed by atoms with Gasteiger partial charge in [0.2, 0.25) is 11.8 Å². The SMILES string of the molecule is CC(Cl)C(=O)N1CCn2c(nn(CC(=O)N(C)C)c2=O)C1. The molecule has 2 rings (SSSR count). The van der Waals surface area contributed by atoms with Gasteiger partial charge in [-0.15, -0.1) is 11.6 Å². The molecule has 0 fully saturated rings. The summed E-state index contributed by atoms with van der Waals surface area (Å²) in [5.41, 5.74) is -0.328. The lowest BCUT2D eigenvalue weighted by molar-refractivity contribution is -0.132. The molecule has 0 radical (unpaired) electrons. The Balaban J connectivity index is 2.21. The van der Waals surface area contributed by atoms with E-state index in [0.29, 0.717) is 18.9 Å². The molecule has 2 heterocycles. The van der Waals surface area contributed by atoms with Gasteiger partial charge in [-0.3, -0.25) is 14.2 Å². The molecule has 1 unspecified atom stereocenters. The summed E-state index contributed by atoms with van der Waals surface area (Å²) in [5, 5.41) is 3.54. The highest BCUT2D eigenvalue weighted by Gasteiger charge is 2.27. The van der Waals surface area contributed by atoms with Gasteiger partial charge in [0.15, 0.2) is 5.82 Å². The van der Waals surface area contributed by atoms with Crippen LogP contribution < -0.4 is 5.69 Å². The molecule has 1 aromatic heterocycles. The van der Waals surface area contributed by atoms with Crippen LogP contribution in [-0.4, -0.2) is 62.0 Å². The summed E-state index contributed by atoms with van der Waals surface area (Å²) in [7, 11) is 3.23. The molecule has 21 heavy (non-hydrogen) atoms. The Morgan fingerprint density at radius 1 is 1.38 bits per heavy atom. The molecule has 0 N–H and O–H groups in total. The van der Waals surface area contributed by atoms with Crippen LogP contribution in [0.5, 0.6) is 0 Å². The number of aromatic nitrogens is 3. The second kappa shape index (κ2) is 5.88. The van der Waals surface area contributed by atoms with E-state index in [9.17, 15) is 14.4 Å². The lowest BCUT2D eigenvalue weighted by Gasteiger charge is -2.27. The molecule has 0 saturated heterocycles. The summed E-state index contributed by atoms with van der Waals surface area (Å²) in [4.78, 5) is 38.7. The highest BCUT2D eigenvalue weighted by molar-refractivity contribution is 6.30. The number of nitrogens with zero attached hydrogens (tertiary/aromatic N) is 5. The maximum Gasteiger partial charge on any atom is 0.346 e. The second-order valence-corrected chi connectivity index (χ2v) is 5.83. The predicted octanol–water partition coefficient (Wildman–Crippen LogP) is -0.897. The van der Waals surface area contributed by atoms with E-state index in [-0.39, 0.29) is 30.6 Å². The van der Waals surface area contributed by atoms with Crippen LogP contribution in [0.25, 0.3) is 0 Å². The van der Waals surface area contributed by atoms with Crippen molar-refractivity contribution in [1.82, 2.24) is 24.1 Å². The number of amides is 2. The number of likely N-dealkylation sites (N-methyl/N-ethyl adjacent to an activating group) is 1. The molecule has 0 saturated carbocycles. The molecule has 1 aliphatic heterocycles. The number of fused-ring (bicyclic) bond motifs is 1. The van der Waals surface area contributed by atoms with E-state index in [4.69, 9.17) is 11.6 Å². The fraction of sp³-hybridized carbons (Fsp3) is 0.667. The predicted molar refractivity (Wildman–Crippen MR) is 75.9 cm³/mol. The molecule has 0 spiro atoms. The fourth-order valence-electron chi connectivity index (χ4n) is 2.11. The van der Waals surface area contributed by atoms with Gasteiger partial charge in [0.1, 0.15) is 11.9 Å².